The zero-order chi connectivity index (χ0) is 9.10. The highest BCUT2D eigenvalue weighted by molar-refractivity contribution is 5.11. The van der Waals surface area contributed by atoms with Crippen molar-refractivity contribution >= 4 is 0 Å². The molecule has 13 heavy (non-hydrogen) atoms. The van der Waals surface area contributed by atoms with Crippen molar-refractivity contribution in [3.8, 4) is 0 Å². The molecule has 0 atom stereocenters. The molecule has 72 valence electrons. The number of nitrogens with zero attached hydrogens (tertiary/aromatic N) is 3. The lowest BCUT2D eigenvalue weighted by molar-refractivity contribution is 0.511. The summed E-state index contributed by atoms with van der Waals surface area (Å²) >= 11 is 0. The van der Waals surface area contributed by atoms with Gasteiger partial charge in [0.15, 0.2) is 0 Å². The molecule has 1 aromatic heterocycles. The molecule has 0 radical (unpaired) electrons. The maximum Gasteiger partial charge on any atom is 0.0859 e. The van der Waals surface area contributed by atoms with Gasteiger partial charge in [0.2, 0.25) is 0 Å². The van der Waals surface area contributed by atoms with E-state index in [9.17, 15) is 0 Å². The summed E-state index contributed by atoms with van der Waals surface area (Å²) in [6, 6.07) is 0. The number of aromatic nitrogens is 3. The number of fused-ring (bicyclic) bond motifs is 1. The zero-order valence-corrected chi connectivity index (χ0v) is 7.87. The molecule has 1 aromatic rings. The molecule has 0 fully saturated rings. The third-order valence-corrected chi connectivity index (χ3v) is 2.44. The second kappa shape index (κ2) is 3.87. The van der Waals surface area contributed by atoms with Gasteiger partial charge in [-0.1, -0.05) is 0 Å². The van der Waals surface area contributed by atoms with Crippen molar-refractivity contribution in [1.82, 2.24) is 15.0 Å². The highest BCUT2D eigenvalue weighted by Crippen LogP contribution is 2.16. The molecule has 4 heteroatoms. The molecular formula is C9H16N4. The van der Waals surface area contributed by atoms with E-state index in [0.29, 0.717) is 6.54 Å². The van der Waals surface area contributed by atoms with Crippen LogP contribution in [0.3, 0.4) is 0 Å². The summed E-state index contributed by atoms with van der Waals surface area (Å²) in [5, 5.41) is 8.88. The first kappa shape index (κ1) is 8.69. The van der Waals surface area contributed by atoms with Crippen molar-refractivity contribution in [2.24, 2.45) is 5.73 Å². The van der Waals surface area contributed by atoms with Gasteiger partial charge in [0, 0.05) is 0 Å². The fourth-order valence-corrected chi connectivity index (χ4v) is 1.72. The van der Waals surface area contributed by atoms with E-state index in [-0.39, 0.29) is 0 Å². The minimum Gasteiger partial charge on any atom is -0.330 e. The van der Waals surface area contributed by atoms with E-state index in [1.54, 1.807) is 0 Å². The predicted molar refractivity (Wildman–Crippen MR) is 50.3 cm³/mol. The van der Waals surface area contributed by atoms with Crippen molar-refractivity contribution < 1.29 is 0 Å². The molecule has 0 spiro atoms. The van der Waals surface area contributed by atoms with Crippen LogP contribution in [-0.2, 0) is 19.4 Å². The van der Waals surface area contributed by atoms with Crippen LogP contribution < -0.4 is 5.73 Å². The van der Waals surface area contributed by atoms with Crippen LogP contribution in [0.2, 0.25) is 0 Å². The molecule has 0 bridgehead atoms. The highest BCUT2D eigenvalue weighted by atomic mass is 15.5. The lowest BCUT2D eigenvalue weighted by Gasteiger charge is -2.05. The van der Waals surface area contributed by atoms with E-state index in [2.05, 4.69) is 10.2 Å². The van der Waals surface area contributed by atoms with Crippen LogP contribution in [-0.4, -0.2) is 21.5 Å². The molecule has 0 aromatic carbocycles. The minimum atomic E-state index is 0.714. The zero-order valence-electron chi connectivity index (χ0n) is 7.87. The van der Waals surface area contributed by atoms with Gasteiger partial charge in [-0.3, -0.25) is 0 Å². The quantitative estimate of drug-likeness (QED) is 0.737. The third-order valence-electron chi connectivity index (χ3n) is 2.44. The molecule has 0 unspecified atom stereocenters. The molecule has 2 rings (SSSR count). The van der Waals surface area contributed by atoms with E-state index in [4.69, 9.17) is 5.73 Å². The molecule has 0 amide bonds. The first-order valence-corrected chi connectivity index (χ1v) is 5.03. The second-order valence-electron chi connectivity index (χ2n) is 3.54. The lowest BCUT2D eigenvalue weighted by atomic mass is 10.0. The van der Waals surface area contributed by atoms with Crippen LogP contribution in [0.1, 0.15) is 30.7 Å². The number of nitrogens with two attached hydrogens (primary N) is 1. The Morgan fingerprint density at radius 3 is 2.31 bits per heavy atom. The number of hydrogen-bond acceptors (Lipinski definition) is 3. The standard InChI is InChI=1S/C9H16N4/c10-6-3-7-13-11-8-4-1-2-5-9(8)12-13/h1-7,10H2. The van der Waals surface area contributed by atoms with Crippen molar-refractivity contribution in [2.45, 2.75) is 38.6 Å². The third kappa shape index (κ3) is 1.88. The van der Waals surface area contributed by atoms with Crippen LogP contribution in [0.25, 0.3) is 0 Å². The SMILES string of the molecule is NCCCn1nc2c(n1)CCCC2. The number of hydrogen-bond donors (Lipinski definition) is 1. The van der Waals surface area contributed by atoms with Gasteiger partial charge in [0.05, 0.1) is 17.9 Å². The van der Waals surface area contributed by atoms with E-state index in [1.807, 2.05) is 4.80 Å². The Kier molecular flexibility index (Phi) is 2.59. The summed E-state index contributed by atoms with van der Waals surface area (Å²) in [5.74, 6) is 0. The molecule has 4 nitrogen and oxygen atoms in total. The molecular weight excluding hydrogens is 164 g/mol. The Balaban J connectivity index is 2.07. The van der Waals surface area contributed by atoms with Gasteiger partial charge < -0.3 is 5.73 Å². The van der Waals surface area contributed by atoms with Crippen molar-refractivity contribution in [3.63, 3.8) is 0 Å². The predicted octanol–water partition coefficient (Wildman–Crippen LogP) is 0.506. The van der Waals surface area contributed by atoms with E-state index < -0.39 is 0 Å². The molecule has 0 saturated carbocycles. The highest BCUT2D eigenvalue weighted by Gasteiger charge is 2.14. The summed E-state index contributed by atoms with van der Waals surface area (Å²) in [7, 11) is 0. The Labute approximate surface area is 78.1 Å². The molecule has 0 aliphatic heterocycles. The minimum absolute atomic E-state index is 0.714. The topological polar surface area (TPSA) is 56.7 Å². The average molecular weight is 180 g/mol. The summed E-state index contributed by atoms with van der Waals surface area (Å²) in [4.78, 5) is 1.81. The van der Waals surface area contributed by atoms with Gasteiger partial charge in [0.25, 0.3) is 0 Å². The first-order chi connectivity index (χ1) is 6.40. The molecule has 1 heterocycles. The normalized spacial score (nSPS) is 15.8. The molecule has 0 saturated heterocycles. The van der Waals surface area contributed by atoms with Crippen LogP contribution in [0.15, 0.2) is 0 Å². The fourth-order valence-electron chi connectivity index (χ4n) is 1.72. The maximum atomic E-state index is 5.43. The Bertz CT molecular complexity index is 256. The van der Waals surface area contributed by atoms with Gasteiger partial charge in [0.1, 0.15) is 0 Å². The summed E-state index contributed by atoms with van der Waals surface area (Å²) in [6.45, 7) is 1.58. The van der Waals surface area contributed by atoms with Crippen LogP contribution in [0.5, 0.6) is 0 Å². The van der Waals surface area contributed by atoms with E-state index in [1.165, 1.54) is 24.2 Å². The largest absolute Gasteiger partial charge is 0.330 e. The number of rotatable bonds is 3. The van der Waals surface area contributed by atoms with Gasteiger partial charge >= 0.3 is 0 Å². The van der Waals surface area contributed by atoms with Gasteiger partial charge in [-0.25, -0.2) is 0 Å². The number of aryl methyl sites for hydroxylation is 3. The lowest BCUT2D eigenvalue weighted by Crippen LogP contribution is -2.08. The fraction of sp³-hybridized carbons (Fsp3) is 0.778. The van der Waals surface area contributed by atoms with E-state index in [0.717, 1.165) is 25.8 Å². The van der Waals surface area contributed by atoms with Crippen LogP contribution in [0, 0.1) is 0 Å². The summed E-state index contributed by atoms with van der Waals surface area (Å²) in [5.41, 5.74) is 7.85. The Hall–Kier alpha value is -0.900. The van der Waals surface area contributed by atoms with E-state index >= 15 is 0 Å². The molecule has 1 aliphatic rings. The summed E-state index contributed by atoms with van der Waals surface area (Å²) < 4.78 is 0. The molecule has 1 aliphatic carbocycles. The molecule has 2 N–H and O–H groups in total. The monoisotopic (exact) mass is 180 g/mol. The smallest absolute Gasteiger partial charge is 0.0859 e. The Morgan fingerprint density at radius 2 is 1.77 bits per heavy atom. The van der Waals surface area contributed by atoms with Crippen molar-refractivity contribution in [1.29, 1.82) is 0 Å². The first-order valence-electron chi connectivity index (χ1n) is 5.03. The van der Waals surface area contributed by atoms with Crippen LogP contribution >= 0.6 is 0 Å². The van der Waals surface area contributed by atoms with Crippen molar-refractivity contribution in [2.75, 3.05) is 6.54 Å². The van der Waals surface area contributed by atoms with Gasteiger partial charge in [-0.15, -0.1) is 0 Å². The maximum absolute atomic E-state index is 5.43. The second-order valence-corrected chi connectivity index (χ2v) is 3.54. The van der Waals surface area contributed by atoms with Gasteiger partial charge in [-0.05, 0) is 38.6 Å². The van der Waals surface area contributed by atoms with Crippen molar-refractivity contribution in [3.05, 3.63) is 11.4 Å². The summed E-state index contributed by atoms with van der Waals surface area (Å²) in [6.07, 6.45) is 5.72. The average Bonchev–Trinajstić information content (AvgIpc) is 2.57. The van der Waals surface area contributed by atoms with Crippen LogP contribution in [0.4, 0.5) is 0 Å². The van der Waals surface area contributed by atoms with Gasteiger partial charge in [-0.2, -0.15) is 15.0 Å². The Morgan fingerprint density at radius 1 is 1.15 bits per heavy atom.